The zero-order chi connectivity index (χ0) is 26.3. The average Bonchev–Trinajstić information content (AvgIpc) is 3.17. The lowest BCUT2D eigenvalue weighted by Crippen LogP contribution is -2.55. The smallest absolute Gasteiger partial charge is 0.225 e. The number of carbonyl (C=O) groups excluding carboxylic acids is 2. The minimum absolute atomic E-state index is 0.00613. The van der Waals surface area contributed by atoms with Gasteiger partial charge < -0.3 is 15.5 Å². The number of rotatable bonds is 12. The monoisotopic (exact) mass is 524 g/mol. The van der Waals surface area contributed by atoms with E-state index in [9.17, 15) is 22.4 Å². The maximum absolute atomic E-state index is 14.1. The normalized spacial score (nSPS) is 22.1. The maximum Gasteiger partial charge on any atom is 0.225 e. The molecule has 2 N–H and O–H groups in total. The van der Waals surface area contributed by atoms with Crippen LogP contribution in [0.15, 0.2) is 18.2 Å². The summed E-state index contributed by atoms with van der Waals surface area (Å²) in [7, 11) is -3.32. The van der Waals surface area contributed by atoms with Crippen LogP contribution in [0.1, 0.15) is 57.1 Å². The molecular formula is C26H41FN4O4S. The van der Waals surface area contributed by atoms with Crippen LogP contribution in [-0.2, 0) is 26.0 Å². The molecule has 1 aromatic carbocycles. The molecule has 1 aromatic rings. The molecule has 0 bridgehead atoms. The SMILES string of the molecule is CCCCN1CC(C(=O)NC(Cc2cc(C)cc(F)c2)C[C@H]2CN(S(=O)(=O)CCC)CCN2)CC1=O. The van der Waals surface area contributed by atoms with Crippen molar-refractivity contribution in [2.45, 2.75) is 71.4 Å². The van der Waals surface area contributed by atoms with Crippen molar-refractivity contribution in [3.05, 3.63) is 35.1 Å². The first-order valence-corrected chi connectivity index (χ1v) is 14.8. The van der Waals surface area contributed by atoms with Gasteiger partial charge in [0.15, 0.2) is 0 Å². The van der Waals surface area contributed by atoms with Crippen molar-refractivity contribution in [3.8, 4) is 0 Å². The number of aryl methyl sites for hydroxylation is 1. The fourth-order valence-corrected chi connectivity index (χ4v) is 6.73. The highest BCUT2D eigenvalue weighted by Crippen LogP contribution is 2.21. The molecule has 0 radical (unpaired) electrons. The fraction of sp³-hybridized carbons (Fsp3) is 0.692. The van der Waals surface area contributed by atoms with Crippen LogP contribution in [0.2, 0.25) is 0 Å². The summed E-state index contributed by atoms with van der Waals surface area (Å²) in [4.78, 5) is 27.3. The Bertz CT molecular complexity index is 999. The van der Waals surface area contributed by atoms with E-state index in [2.05, 4.69) is 17.6 Å². The standard InChI is InChI=1S/C26H41FN4O4S/c1-4-6-8-30-17-21(15-25(30)32)26(33)29-23(14-20-11-19(3)12-22(27)13-20)16-24-18-31(9-7-28-24)36(34,35)10-5-2/h11-13,21,23-24,28H,4-10,14-18H2,1-3H3,(H,29,33)/t21?,23?,24-/m0/s1. The number of likely N-dealkylation sites (tertiary alicyclic amines) is 1. The van der Waals surface area contributed by atoms with Crippen LogP contribution in [0.3, 0.4) is 0 Å². The molecule has 0 aliphatic carbocycles. The molecule has 2 saturated heterocycles. The molecule has 36 heavy (non-hydrogen) atoms. The van der Waals surface area contributed by atoms with E-state index in [1.54, 1.807) is 4.90 Å². The third-order valence-corrected chi connectivity index (χ3v) is 8.98. The third kappa shape index (κ3) is 7.98. The van der Waals surface area contributed by atoms with Gasteiger partial charge in [-0.05, 0) is 55.9 Å². The van der Waals surface area contributed by atoms with Crippen LogP contribution in [0.4, 0.5) is 4.39 Å². The van der Waals surface area contributed by atoms with Gasteiger partial charge in [0, 0.05) is 51.2 Å². The highest BCUT2D eigenvalue weighted by atomic mass is 32.2. The van der Waals surface area contributed by atoms with Crippen LogP contribution < -0.4 is 10.6 Å². The van der Waals surface area contributed by atoms with Gasteiger partial charge in [0.1, 0.15) is 5.82 Å². The number of hydrogen-bond acceptors (Lipinski definition) is 5. The van der Waals surface area contributed by atoms with E-state index in [0.717, 1.165) is 24.0 Å². The van der Waals surface area contributed by atoms with Gasteiger partial charge >= 0.3 is 0 Å². The molecule has 8 nitrogen and oxygen atoms in total. The highest BCUT2D eigenvalue weighted by Gasteiger charge is 2.35. The van der Waals surface area contributed by atoms with E-state index in [4.69, 9.17) is 0 Å². The number of unbranched alkanes of at least 4 members (excludes halogenated alkanes) is 1. The van der Waals surface area contributed by atoms with Gasteiger partial charge in [-0.3, -0.25) is 9.59 Å². The van der Waals surface area contributed by atoms with Crippen LogP contribution >= 0.6 is 0 Å². The number of benzene rings is 1. The van der Waals surface area contributed by atoms with Crippen LogP contribution in [0.25, 0.3) is 0 Å². The first kappa shape index (κ1) is 28.5. The quantitative estimate of drug-likeness (QED) is 0.437. The summed E-state index contributed by atoms with van der Waals surface area (Å²) in [6.45, 7) is 8.13. The molecule has 2 unspecified atom stereocenters. The first-order valence-electron chi connectivity index (χ1n) is 13.2. The van der Waals surface area contributed by atoms with Crippen LogP contribution in [-0.4, -0.2) is 80.0 Å². The van der Waals surface area contributed by atoms with E-state index in [1.807, 2.05) is 19.9 Å². The Morgan fingerprint density at radius 2 is 2.00 bits per heavy atom. The molecular weight excluding hydrogens is 483 g/mol. The average molecular weight is 525 g/mol. The molecule has 10 heteroatoms. The Morgan fingerprint density at radius 3 is 2.69 bits per heavy atom. The number of nitrogens with zero attached hydrogens (tertiary/aromatic N) is 2. The summed E-state index contributed by atoms with van der Waals surface area (Å²) >= 11 is 0. The van der Waals surface area contributed by atoms with E-state index in [-0.39, 0.29) is 41.9 Å². The lowest BCUT2D eigenvalue weighted by molar-refractivity contribution is -0.129. The van der Waals surface area contributed by atoms with E-state index in [1.165, 1.54) is 16.4 Å². The van der Waals surface area contributed by atoms with Crippen LogP contribution in [0, 0.1) is 18.7 Å². The Morgan fingerprint density at radius 1 is 1.22 bits per heavy atom. The minimum Gasteiger partial charge on any atom is -0.353 e. The molecule has 2 aliphatic heterocycles. The van der Waals surface area contributed by atoms with Gasteiger partial charge in [0.05, 0.1) is 11.7 Å². The van der Waals surface area contributed by atoms with E-state index < -0.39 is 15.9 Å². The largest absolute Gasteiger partial charge is 0.353 e. The van der Waals surface area contributed by atoms with Gasteiger partial charge in [-0.2, -0.15) is 4.31 Å². The molecule has 3 rings (SSSR count). The maximum atomic E-state index is 14.1. The summed E-state index contributed by atoms with van der Waals surface area (Å²) in [6, 6.07) is 4.37. The zero-order valence-electron chi connectivity index (χ0n) is 21.8. The van der Waals surface area contributed by atoms with E-state index >= 15 is 0 Å². The second kappa shape index (κ2) is 13.0. The van der Waals surface area contributed by atoms with Crippen molar-refractivity contribution >= 4 is 21.8 Å². The molecule has 2 aliphatic rings. The van der Waals surface area contributed by atoms with Gasteiger partial charge in [-0.1, -0.05) is 26.3 Å². The highest BCUT2D eigenvalue weighted by molar-refractivity contribution is 7.89. The number of sulfonamides is 1. The predicted molar refractivity (Wildman–Crippen MR) is 138 cm³/mol. The van der Waals surface area contributed by atoms with Crippen molar-refractivity contribution in [1.82, 2.24) is 19.8 Å². The van der Waals surface area contributed by atoms with Crippen molar-refractivity contribution in [1.29, 1.82) is 0 Å². The van der Waals surface area contributed by atoms with Crippen molar-refractivity contribution in [2.24, 2.45) is 5.92 Å². The zero-order valence-corrected chi connectivity index (χ0v) is 22.6. The third-order valence-electron chi connectivity index (χ3n) is 6.94. The second-order valence-corrected chi connectivity index (χ2v) is 12.3. The molecule has 2 fully saturated rings. The predicted octanol–water partition coefficient (Wildman–Crippen LogP) is 2.21. The lowest BCUT2D eigenvalue weighted by Gasteiger charge is -2.35. The van der Waals surface area contributed by atoms with Crippen molar-refractivity contribution in [2.75, 3.05) is 38.5 Å². The minimum atomic E-state index is -3.32. The van der Waals surface area contributed by atoms with Gasteiger partial charge in [-0.15, -0.1) is 0 Å². The number of nitrogens with one attached hydrogen (secondary N) is 2. The molecule has 0 aromatic heterocycles. The molecule has 3 atom stereocenters. The topological polar surface area (TPSA) is 98.8 Å². The number of carbonyl (C=O) groups is 2. The second-order valence-electron chi connectivity index (χ2n) is 10.2. The van der Waals surface area contributed by atoms with Crippen LogP contribution in [0.5, 0.6) is 0 Å². The number of hydrogen-bond donors (Lipinski definition) is 2. The Hall–Kier alpha value is -2.04. The summed E-state index contributed by atoms with van der Waals surface area (Å²) in [5.74, 6) is -0.784. The molecule has 2 heterocycles. The summed E-state index contributed by atoms with van der Waals surface area (Å²) < 4.78 is 40.8. The Labute approximate surface area is 215 Å². The van der Waals surface area contributed by atoms with Crippen molar-refractivity contribution in [3.63, 3.8) is 0 Å². The Balaban J connectivity index is 1.71. The molecule has 0 saturated carbocycles. The van der Waals surface area contributed by atoms with Gasteiger partial charge in [0.25, 0.3) is 0 Å². The number of halogens is 1. The summed E-state index contributed by atoms with van der Waals surface area (Å²) in [5, 5.41) is 6.51. The fourth-order valence-electron chi connectivity index (χ4n) is 5.18. The number of piperazine rings is 1. The van der Waals surface area contributed by atoms with Crippen molar-refractivity contribution < 1.29 is 22.4 Å². The summed E-state index contributed by atoms with van der Waals surface area (Å²) in [6.07, 6.45) is 3.57. The summed E-state index contributed by atoms with van der Waals surface area (Å²) in [5.41, 5.74) is 1.58. The lowest BCUT2D eigenvalue weighted by atomic mass is 9.96. The van der Waals surface area contributed by atoms with E-state index in [0.29, 0.717) is 52.0 Å². The van der Waals surface area contributed by atoms with Gasteiger partial charge in [0.2, 0.25) is 21.8 Å². The first-order chi connectivity index (χ1) is 17.1. The molecule has 202 valence electrons. The Kier molecular flexibility index (Phi) is 10.3. The van der Waals surface area contributed by atoms with Gasteiger partial charge in [-0.25, -0.2) is 12.8 Å². The number of amides is 2. The molecule has 2 amide bonds. The molecule has 0 spiro atoms.